The van der Waals surface area contributed by atoms with Crippen LogP contribution in [0.3, 0.4) is 0 Å². The highest BCUT2D eigenvalue weighted by Gasteiger charge is 2.34. The van der Waals surface area contributed by atoms with E-state index in [1.54, 1.807) is 0 Å². The second-order valence-corrected chi connectivity index (χ2v) is 19.0. The Bertz CT molecular complexity index is 3580. The van der Waals surface area contributed by atoms with E-state index in [4.69, 9.17) is 39.9 Å². The number of aromatic nitrogens is 8. The Balaban J connectivity index is 1.08. The number of nitrogens with zero attached hydrogens (tertiary/aromatic N) is 8. The van der Waals surface area contributed by atoms with Crippen LogP contribution in [-0.4, -0.2) is 39.9 Å². The highest BCUT2D eigenvalue weighted by atomic mass is 14.9. The van der Waals surface area contributed by atoms with Gasteiger partial charge in [-0.1, -0.05) is 72.8 Å². The van der Waals surface area contributed by atoms with Crippen molar-refractivity contribution in [2.24, 2.45) is 0 Å². The summed E-state index contributed by atoms with van der Waals surface area (Å²) in [6, 6.07) is 52.1. The molecule has 0 atom stereocenters. The van der Waals surface area contributed by atoms with Crippen molar-refractivity contribution in [1.29, 1.82) is 0 Å². The zero-order valence-electron chi connectivity index (χ0n) is 36.3. The lowest BCUT2D eigenvalue weighted by atomic mass is 9.88. The van der Waals surface area contributed by atoms with Crippen molar-refractivity contribution in [3.63, 3.8) is 0 Å². The van der Waals surface area contributed by atoms with Gasteiger partial charge in [0.05, 0.1) is 89.7 Å². The minimum atomic E-state index is 0.709. The molecule has 17 rings (SSSR count). The lowest BCUT2D eigenvalue weighted by molar-refractivity contribution is 1.11. The molecular formula is C60H32N8. The number of fused-ring (bicyclic) bond motifs is 16. The smallest absolute Gasteiger partial charge is 0.0976 e. The largest absolute Gasteiger partial charge is 0.244 e. The predicted molar refractivity (Wildman–Crippen MR) is 267 cm³/mol. The van der Waals surface area contributed by atoms with E-state index in [1.165, 1.54) is 44.5 Å². The molecule has 0 unspecified atom stereocenters. The number of rotatable bonds is 0. The minimum absolute atomic E-state index is 0.709. The molecule has 0 fully saturated rings. The van der Waals surface area contributed by atoms with E-state index in [0.29, 0.717) is 25.7 Å². The van der Waals surface area contributed by atoms with Crippen molar-refractivity contribution in [3.05, 3.63) is 190 Å². The first kappa shape index (κ1) is 35.4. The van der Waals surface area contributed by atoms with E-state index in [0.717, 1.165) is 134 Å². The van der Waals surface area contributed by atoms with Gasteiger partial charge in [0, 0.05) is 44.5 Å². The number of hydrogen-bond acceptors (Lipinski definition) is 8. The highest BCUT2D eigenvalue weighted by molar-refractivity contribution is 6.00. The molecule has 8 bridgehead atoms. The van der Waals surface area contributed by atoms with Gasteiger partial charge in [-0.05, 0) is 143 Å². The molecule has 12 aromatic rings. The van der Waals surface area contributed by atoms with E-state index in [9.17, 15) is 0 Å². The Morgan fingerprint density at radius 1 is 0.191 bits per heavy atom. The van der Waals surface area contributed by atoms with Crippen molar-refractivity contribution in [1.82, 2.24) is 39.9 Å². The van der Waals surface area contributed by atoms with Gasteiger partial charge in [-0.25, -0.2) is 39.9 Å². The van der Waals surface area contributed by atoms with Crippen molar-refractivity contribution in [3.8, 4) is 90.1 Å². The molecule has 0 spiro atoms. The molecule has 0 saturated heterocycles. The SMILES string of the molecule is c1ccc2nc3c(nc2c1)-c1cc2c4cc1Cc1cc5c(cc1-3)-c1nc3ccccc3nc1-c1cc3c(cc1C5)Cc1cc(c(cc1-c1nc5ccccc5nc1-3)-c1nc3ccccc3nc1-2)C4. The van der Waals surface area contributed by atoms with Crippen molar-refractivity contribution in [2.45, 2.75) is 25.7 Å². The molecule has 5 aliphatic carbocycles. The predicted octanol–water partition coefficient (Wildman–Crippen LogP) is 12.7. The maximum atomic E-state index is 5.53. The van der Waals surface area contributed by atoms with E-state index in [1.807, 2.05) is 48.5 Å². The summed E-state index contributed by atoms with van der Waals surface area (Å²) in [7, 11) is 0. The molecule has 312 valence electrons. The number of hydrogen-bond donors (Lipinski definition) is 0. The third kappa shape index (κ3) is 4.73. The van der Waals surface area contributed by atoms with Crippen LogP contribution in [0.15, 0.2) is 146 Å². The Kier molecular flexibility index (Phi) is 6.51. The molecule has 5 aliphatic rings. The van der Waals surface area contributed by atoms with Crippen molar-refractivity contribution >= 4 is 44.1 Å². The molecule has 0 saturated carbocycles. The van der Waals surface area contributed by atoms with Gasteiger partial charge in [0.1, 0.15) is 0 Å². The quantitative estimate of drug-likeness (QED) is 0.148. The van der Waals surface area contributed by atoms with Gasteiger partial charge < -0.3 is 0 Å². The monoisotopic (exact) mass is 864 g/mol. The first-order valence-corrected chi connectivity index (χ1v) is 23.3. The first-order valence-electron chi connectivity index (χ1n) is 23.3. The molecule has 0 aliphatic heterocycles. The van der Waals surface area contributed by atoms with Crippen LogP contribution in [0.5, 0.6) is 0 Å². The average molecular weight is 865 g/mol. The van der Waals surface area contributed by atoms with E-state index < -0.39 is 0 Å². The number of benzene rings is 8. The fourth-order valence-electron chi connectivity index (χ4n) is 12.0. The molecular weight excluding hydrogens is 833 g/mol. The highest BCUT2D eigenvalue weighted by Crippen LogP contribution is 2.52. The summed E-state index contributed by atoms with van der Waals surface area (Å²) >= 11 is 0. The zero-order chi connectivity index (χ0) is 43.9. The number of para-hydroxylation sites is 8. The zero-order valence-corrected chi connectivity index (χ0v) is 36.3. The van der Waals surface area contributed by atoms with Gasteiger partial charge in [-0.2, -0.15) is 0 Å². The second kappa shape index (κ2) is 12.5. The molecule has 0 N–H and O–H groups in total. The normalized spacial score (nSPS) is 13.6. The summed E-state index contributed by atoms with van der Waals surface area (Å²) in [5, 5.41) is 0. The van der Waals surface area contributed by atoms with Crippen molar-refractivity contribution in [2.75, 3.05) is 0 Å². The van der Waals surface area contributed by atoms with Crippen LogP contribution in [0.4, 0.5) is 0 Å². The molecule has 4 aromatic heterocycles. The summed E-state index contributed by atoms with van der Waals surface area (Å²) in [5.41, 5.74) is 32.1. The van der Waals surface area contributed by atoms with E-state index in [2.05, 4.69) is 97.1 Å². The van der Waals surface area contributed by atoms with Crippen LogP contribution in [0, 0.1) is 0 Å². The van der Waals surface area contributed by atoms with Crippen LogP contribution in [0.25, 0.3) is 134 Å². The Hall–Kier alpha value is -8.88. The summed E-state index contributed by atoms with van der Waals surface area (Å²) in [5.74, 6) is 0. The van der Waals surface area contributed by atoms with Gasteiger partial charge in [-0.15, -0.1) is 0 Å². The molecule has 8 aromatic carbocycles. The average Bonchev–Trinajstić information content (AvgIpc) is 3.70. The molecule has 8 nitrogen and oxygen atoms in total. The molecule has 0 amide bonds. The van der Waals surface area contributed by atoms with Crippen LogP contribution in [0.2, 0.25) is 0 Å². The Labute approximate surface area is 388 Å². The maximum absolute atomic E-state index is 5.53. The third-order valence-corrected chi connectivity index (χ3v) is 15.2. The van der Waals surface area contributed by atoms with Gasteiger partial charge in [0.2, 0.25) is 0 Å². The van der Waals surface area contributed by atoms with Crippen LogP contribution < -0.4 is 0 Å². The van der Waals surface area contributed by atoms with Crippen molar-refractivity contribution < 1.29 is 0 Å². The summed E-state index contributed by atoms with van der Waals surface area (Å²) in [6.07, 6.45) is 2.84. The summed E-state index contributed by atoms with van der Waals surface area (Å²) in [6.45, 7) is 0. The van der Waals surface area contributed by atoms with Gasteiger partial charge >= 0.3 is 0 Å². The van der Waals surface area contributed by atoms with Crippen LogP contribution in [-0.2, 0) is 25.7 Å². The van der Waals surface area contributed by atoms with E-state index in [-0.39, 0.29) is 0 Å². The standard InChI is InChI=1S/C60H32N8/c1-2-10-46-45(9-1)61-53-37-25-39-31-18-33-23-35-20-36-24-34-19-32-22-30(17-29(37)21-31)38(54(53)62-46)26-40(32)56-58(66-50-14-6-5-13-49(50)64-56)42(34)28-44(36)60-59(67-51-15-7-8-16-52(51)68-60)43(35)27-41(33)57-55(39)63-47-11-3-4-12-48(47)65-57/h1-16,21-28H,17-20H2. The molecule has 8 heteroatoms. The Morgan fingerprint density at radius 2 is 0.338 bits per heavy atom. The fourth-order valence-corrected chi connectivity index (χ4v) is 12.0. The molecule has 68 heavy (non-hydrogen) atoms. The maximum Gasteiger partial charge on any atom is 0.0976 e. The Morgan fingerprint density at radius 3 is 0.485 bits per heavy atom. The van der Waals surface area contributed by atoms with Gasteiger partial charge in [0.15, 0.2) is 0 Å². The third-order valence-electron chi connectivity index (χ3n) is 15.2. The van der Waals surface area contributed by atoms with Gasteiger partial charge in [0.25, 0.3) is 0 Å². The topological polar surface area (TPSA) is 103 Å². The first-order chi connectivity index (χ1) is 33.6. The minimum Gasteiger partial charge on any atom is -0.244 e. The van der Waals surface area contributed by atoms with Gasteiger partial charge in [-0.3, -0.25) is 0 Å². The lowest BCUT2D eigenvalue weighted by Gasteiger charge is -2.16. The fraction of sp³-hybridized carbons (Fsp3) is 0.0667. The van der Waals surface area contributed by atoms with E-state index >= 15 is 0 Å². The lowest BCUT2D eigenvalue weighted by Crippen LogP contribution is -2.01. The van der Waals surface area contributed by atoms with Crippen LogP contribution >= 0.6 is 0 Å². The molecule has 0 radical (unpaired) electrons. The summed E-state index contributed by atoms with van der Waals surface area (Å²) in [4.78, 5) is 44.3. The second-order valence-electron chi connectivity index (χ2n) is 19.0. The van der Waals surface area contributed by atoms with Crippen LogP contribution in [0.1, 0.15) is 44.5 Å². The summed E-state index contributed by atoms with van der Waals surface area (Å²) < 4.78 is 0. The molecule has 4 heterocycles.